The van der Waals surface area contributed by atoms with Gasteiger partial charge in [-0.05, 0) is 43.4 Å². The van der Waals surface area contributed by atoms with Crippen LogP contribution in [0, 0.1) is 11.6 Å². The maximum absolute atomic E-state index is 13.3. The molecule has 15 heavy (non-hydrogen) atoms. The van der Waals surface area contributed by atoms with Crippen molar-refractivity contribution >= 4 is 11.6 Å². The summed E-state index contributed by atoms with van der Waals surface area (Å²) in [6, 6.07) is 2.45. The molecule has 1 aromatic carbocycles. The summed E-state index contributed by atoms with van der Waals surface area (Å²) in [5.74, 6) is -1.69. The van der Waals surface area contributed by atoms with E-state index in [1.165, 1.54) is 6.07 Å². The van der Waals surface area contributed by atoms with Crippen LogP contribution in [0.1, 0.15) is 24.8 Å². The number of halogens is 3. The minimum absolute atomic E-state index is 0.148. The van der Waals surface area contributed by atoms with E-state index in [0.29, 0.717) is 18.4 Å². The van der Waals surface area contributed by atoms with Gasteiger partial charge in [0.25, 0.3) is 0 Å². The Hall–Kier alpha value is -0.670. The topological polar surface area (TPSA) is 26.0 Å². The lowest BCUT2D eigenvalue weighted by Crippen LogP contribution is -2.22. The van der Waals surface area contributed by atoms with E-state index in [-0.39, 0.29) is 10.6 Å². The van der Waals surface area contributed by atoms with Gasteiger partial charge < -0.3 is 5.73 Å². The third-order valence-electron chi connectivity index (χ3n) is 2.85. The lowest BCUT2D eigenvalue weighted by Gasteiger charge is -2.09. The first kappa shape index (κ1) is 10.8. The summed E-state index contributed by atoms with van der Waals surface area (Å²) in [5, 5.41) is 0.228. The maximum atomic E-state index is 13.3. The molecule has 0 radical (unpaired) electrons. The number of aryl methyl sites for hydroxylation is 1. The molecular weight excluding hydrogens is 220 g/mol. The molecule has 0 spiro atoms. The molecule has 0 amide bonds. The highest BCUT2D eigenvalue weighted by atomic mass is 35.5. The van der Waals surface area contributed by atoms with E-state index >= 15 is 0 Å². The zero-order valence-corrected chi connectivity index (χ0v) is 8.95. The predicted molar refractivity (Wildman–Crippen MR) is 55.8 cm³/mol. The summed E-state index contributed by atoms with van der Waals surface area (Å²) in [7, 11) is 0. The van der Waals surface area contributed by atoms with E-state index in [2.05, 4.69) is 0 Å². The van der Waals surface area contributed by atoms with Crippen LogP contribution in [-0.4, -0.2) is 5.54 Å². The van der Waals surface area contributed by atoms with E-state index in [0.717, 1.165) is 18.9 Å². The van der Waals surface area contributed by atoms with Crippen LogP contribution in [0.2, 0.25) is 5.02 Å². The van der Waals surface area contributed by atoms with Crippen molar-refractivity contribution in [3.63, 3.8) is 0 Å². The number of benzene rings is 1. The van der Waals surface area contributed by atoms with Crippen molar-refractivity contribution in [2.24, 2.45) is 5.73 Å². The molecule has 0 heterocycles. The summed E-state index contributed by atoms with van der Waals surface area (Å²) in [5.41, 5.74) is 6.04. The maximum Gasteiger partial charge on any atom is 0.162 e. The van der Waals surface area contributed by atoms with Gasteiger partial charge >= 0.3 is 0 Å². The lowest BCUT2D eigenvalue weighted by atomic mass is 10.0. The van der Waals surface area contributed by atoms with Crippen molar-refractivity contribution in [3.8, 4) is 0 Å². The van der Waals surface area contributed by atoms with Crippen molar-refractivity contribution in [2.45, 2.75) is 31.2 Å². The Morgan fingerprint density at radius 3 is 2.60 bits per heavy atom. The van der Waals surface area contributed by atoms with Gasteiger partial charge in [0, 0.05) is 10.6 Å². The monoisotopic (exact) mass is 231 g/mol. The average Bonchev–Trinajstić information content (AvgIpc) is 2.88. The van der Waals surface area contributed by atoms with Crippen molar-refractivity contribution in [2.75, 3.05) is 0 Å². The van der Waals surface area contributed by atoms with Gasteiger partial charge in [-0.3, -0.25) is 0 Å². The summed E-state index contributed by atoms with van der Waals surface area (Å²) in [4.78, 5) is 0. The average molecular weight is 232 g/mol. The first-order valence-electron chi connectivity index (χ1n) is 4.92. The van der Waals surface area contributed by atoms with Crippen molar-refractivity contribution in [1.29, 1.82) is 0 Å². The Balaban J connectivity index is 2.13. The SMILES string of the molecule is NC1(CCc2cc(Cl)cc(F)c2F)CC1. The fraction of sp³-hybridized carbons (Fsp3) is 0.455. The number of hydrogen-bond donors (Lipinski definition) is 1. The predicted octanol–water partition coefficient (Wildman–Crippen LogP) is 3.04. The largest absolute Gasteiger partial charge is 0.325 e. The van der Waals surface area contributed by atoms with Crippen molar-refractivity contribution in [1.82, 2.24) is 0 Å². The molecule has 0 bridgehead atoms. The summed E-state index contributed by atoms with van der Waals surface area (Å²) < 4.78 is 26.3. The third kappa shape index (κ3) is 2.47. The third-order valence-corrected chi connectivity index (χ3v) is 3.07. The van der Waals surface area contributed by atoms with E-state index in [1.54, 1.807) is 0 Å². The number of hydrogen-bond acceptors (Lipinski definition) is 1. The molecule has 1 aliphatic carbocycles. The van der Waals surface area contributed by atoms with Crippen LogP contribution >= 0.6 is 11.6 Å². The highest BCUT2D eigenvalue weighted by molar-refractivity contribution is 6.30. The first-order chi connectivity index (χ1) is 7.00. The second-order valence-electron chi connectivity index (χ2n) is 4.22. The Morgan fingerprint density at radius 1 is 1.33 bits per heavy atom. The molecule has 1 fully saturated rings. The van der Waals surface area contributed by atoms with Crippen molar-refractivity contribution in [3.05, 3.63) is 34.4 Å². The Morgan fingerprint density at radius 2 is 2.00 bits per heavy atom. The van der Waals surface area contributed by atoms with Crippen LogP contribution in [0.15, 0.2) is 12.1 Å². The van der Waals surface area contributed by atoms with Gasteiger partial charge in [0.05, 0.1) is 0 Å². The summed E-state index contributed by atoms with van der Waals surface area (Å²) in [6.07, 6.45) is 3.07. The quantitative estimate of drug-likeness (QED) is 0.795. The Bertz CT molecular complexity index is 388. The molecule has 4 heteroatoms. The Kier molecular flexibility index (Phi) is 2.69. The molecule has 0 unspecified atom stereocenters. The zero-order valence-electron chi connectivity index (χ0n) is 8.19. The van der Waals surface area contributed by atoms with E-state index in [1.807, 2.05) is 0 Å². The molecule has 0 saturated heterocycles. The van der Waals surface area contributed by atoms with Crippen LogP contribution in [0.25, 0.3) is 0 Å². The number of rotatable bonds is 3. The Labute approximate surface area is 92.2 Å². The molecule has 2 rings (SSSR count). The molecular formula is C11H12ClF2N. The molecule has 1 aliphatic rings. The molecule has 82 valence electrons. The standard InChI is InChI=1S/C11H12ClF2N/c12-8-5-7(10(14)9(13)6-8)1-2-11(15)3-4-11/h5-6H,1-4,15H2. The van der Waals surface area contributed by atoms with Crippen LogP contribution in [0.5, 0.6) is 0 Å². The second kappa shape index (κ2) is 3.72. The van der Waals surface area contributed by atoms with Gasteiger partial charge in [-0.2, -0.15) is 0 Å². The first-order valence-corrected chi connectivity index (χ1v) is 5.30. The molecule has 1 saturated carbocycles. The van der Waals surface area contributed by atoms with Crippen LogP contribution < -0.4 is 5.73 Å². The smallest absolute Gasteiger partial charge is 0.162 e. The minimum Gasteiger partial charge on any atom is -0.325 e. The lowest BCUT2D eigenvalue weighted by molar-refractivity contribution is 0.492. The fourth-order valence-corrected chi connectivity index (χ4v) is 1.81. The normalized spacial score (nSPS) is 17.9. The van der Waals surface area contributed by atoms with Crippen molar-refractivity contribution < 1.29 is 8.78 Å². The highest BCUT2D eigenvalue weighted by Gasteiger charge is 2.37. The van der Waals surface area contributed by atoms with Crippen LogP contribution in [-0.2, 0) is 6.42 Å². The summed E-state index contributed by atoms with van der Waals surface area (Å²) >= 11 is 5.65. The number of nitrogens with two attached hydrogens (primary N) is 1. The van der Waals surface area contributed by atoms with Gasteiger partial charge in [0.2, 0.25) is 0 Å². The van der Waals surface area contributed by atoms with E-state index in [4.69, 9.17) is 17.3 Å². The second-order valence-corrected chi connectivity index (χ2v) is 4.66. The van der Waals surface area contributed by atoms with Gasteiger partial charge in [-0.1, -0.05) is 11.6 Å². The highest BCUT2D eigenvalue weighted by Crippen LogP contribution is 2.37. The zero-order chi connectivity index (χ0) is 11.1. The van der Waals surface area contributed by atoms with E-state index in [9.17, 15) is 8.78 Å². The molecule has 1 nitrogen and oxygen atoms in total. The molecule has 1 aromatic rings. The van der Waals surface area contributed by atoms with Gasteiger partial charge in [0.15, 0.2) is 11.6 Å². The van der Waals surface area contributed by atoms with Gasteiger partial charge in [-0.15, -0.1) is 0 Å². The van der Waals surface area contributed by atoms with Gasteiger partial charge in [0.1, 0.15) is 0 Å². The fourth-order valence-electron chi connectivity index (χ4n) is 1.59. The van der Waals surface area contributed by atoms with Crippen LogP contribution in [0.3, 0.4) is 0 Å². The van der Waals surface area contributed by atoms with Gasteiger partial charge in [-0.25, -0.2) is 8.78 Å². The summed E-state index contributed by atoms with van der Waals surface area (Å²) in [6.45, 7) is 0. The molecule has 2 N–H and O–H groups in total. The molecule has 0 aliphatic heterocycles. The van der Waals surface area contributed by atoms with E-state index < -0.39 is 11.6 Å². The van der Waals surface area contributed by atoms with Crippen LogP contribution in [0.4, 0.5) is 8.78 Å². The molecule has 0 atom stereocenters. The minimum atomic E-state index is -0.889. The molecule has 0 aromatic heterocycles.